The van der Waals surface area contributed by atoms with Crippen LogP contribution < -0.4 is 0 Å². The fraction of sp³-hybridized carbons (Fsp3) is 0.348. The van der Waals surface area contributed by atoms with Crippen LogP contribution in [0.4, 0.5) is 0 Å². The lowest BCUT2D eigenvalue weighted by Crippen LogP contribution is -2.42. The fourth-order valence-electron chi connectivity index (χ4n) is 3.11. The molecule has 0 N–H and O–H groups in total. The Balaban J connectivity index is 1.69. The molecule has 31 heavy (non-hydrogen) atoms. The molecule has 0 radical (unpaired) electrons. The van der Waals surface area contributed by atoms with E-state index in [1.165, 1.54) is 18.2 Å². The molecular formula is C23H26O7S. The van der Waals surface area contributed by atoms with Crippen molar-refractivity contribution in [3.05, 3.63) is 72.3 Å². The molecule has 0 bridgehead atoms. The monoisotopic (exact) mass is 446 g/mol. The number of carbonyl (C=O) groups is 1. The molecule has 8 heteroatoms. The van der Waals surface area contributed by atoms with E-state index in [0.717, 1.165) is 0 Å². The summed E-state index contributed by atoms with van der Waals surface area (Å²) < 4.78 is 47.4. The Labute approximate surface area is 182 Å². The second kappa shape index (κ2) is 10.3. The zero-order valence-corrected chi connectivity index (χ0v) is 18.3. The van der Waals surface area contributed by atoms with Crippen molar-refractivity contribution in [2.75, 3.05) is 33.5 Å². The third kappa shape index (κ3) is 5.47. The summed E-state index contributed by atoms with van der Waals surface area (Å²) >= 11 is 0. The Hall–Kier alpha value is -2.36. The van der Waals surface area contributed by atoms with Crippen LogP contribution in [0, 0.1) is 0 Å². The highest BCUT2D eigenvalue weighted by Crippen LogP contribution is 2.33. The Morgan fingerprint density at radius 3 is 2.26 bits per heavy atom. The van der Waals surface area contributed by atoms with Gasteiger partial charge in [0.1, 0.15) is 0 Å². The van der Waals surface area contributed by atoms with Gasteiger partial charge in [-0.25, -0.2) is 8.42 Å². The maximum atomic E-state index is 12.8. The minimum Gasteiger partial charge on any atom is -0.382 e. The molecule has 1 aliphatic heterocycles. The molecule has 2 aromatic carbocycles. The third-order valence-corrected chi connectivity index (χ3v) is 6.72. The molecule has 0 saturated heterocycles. The predicted molar refractivity (Wildman–Crippen MR) is 113 cm³/mol. The lowest BCUT2D eigenvalue weighted by atomic mass is 9.89. The summed E-state index contributed by atoms with van der Waals surface area (Å²) in [4.78, 5) is 12.9. The number of hydrogen-bond acceptors (Lipinski definition) is 7. The van der Waals surface area contributed by atoms with Crippen LogP contribution in [0.5, 0.6) is 0 Å². The first kappa shape index (κ1) is 23.3. The molecular weight excluding hydrogens is 420 g/mol. The van der Waals surface area contributed by atoms with Crippen molar-refractivity contribution in [2.24, 2.45) is 0 Å². The number of rotatable bonds is 10. The van der Waals surface area contributed by atoms with Crippen LogP contribution in [0.25, 0.3) is 0 Å². The fourth-order valence-corrected chi connectivity index (χ4v) is 4.39. The van der Waals surface area contributed by atoms with Gasteiger partial charge in [0.15, 0.2) is 17.7 Å². The normalized spacial score (nSPS) is 21.4. The average Bonchev–Trinajstić information content (AvgIpc) is 2.79. The maximum absolute atomic E-state index is 12.8. The van der Waals surface area contributed by atoms with E-state index in [-0.39, 0.29) is 22.2 Å². The molecule has 3 rings (SSSR count). The van der Waals surface area contributed by atoms with Crippen LogP contribution in [-0.2, 0) is 39.2 Å². The molecule has 0 spiro atoms. The van der Waals surface area contributed by atoms with E-state index < -0.39 is 21.7 Å². The number of ether oxygens (including phenoxy) is 4. The molecule has 2 aromatic rings. The summed E-state index contributed by atoms with van der Waals surface area (Å²) in [5.74, 6) is -0.248. The van der Waals surface area contributed by atoms with E-state index in [2.05, 4.69) is 0 Å². The Kier molecular flexibility index (Phi) is 7.74. The highest BCUT2D eigenvalue weighted by Gasteiger charge is 2.40. The van der Waals surface area contributed by atoms with Crippen molar-refractivity contribution in [3.63, 3.8) is 0 Å². The topological polar surface area (TPSA) is 88.1 Å². The Morgan fingerprint density at radius 2 is 1.58 bits per heavy atom. The van der Waals surface area contributed by atoms with Crippen LogP contribution in [0.2, 0.25) is 0 Å². The summed E-state index contributed by atoms with van der Waals surface area (Å²) in [6.45, 7) is 3.27. The Bertz CT molecular complexity index is 1000. The smallest absolute Gasteiger partial charge is 0.206 e. The minimum absolute atomic E-state index is 0.144. The zero-order chi connectivity index (χ0) is 22.3. The van der Waals surface area contributed by atoms with Gasteiger partial charge in [0.05, 0.1) is 36.2 Å². The second-order valence-electron chi connectivity index (χ2n) is 7.06. The van der Waals surface area contributed by atoms with Crippen molar-refractivity contribution < 1.29 is 32.2 Å². The average molecular weight is 447 g/mol. The molecule has 1 aliphatic rings. The predicted octanol–water partition coefficient (Wildman–Crippen LogP) is 2.90. The highest BCUT2D eigenvalue weighted by atomic mass is 32.2. The van der Waals surface area contributed by atoms with Gasteiger partial charge in [-0.2, -0.15) is 0 Å². The molecule has 166 valence electrons. The van der Waals surface area contributed by atoms with Gasteiger partial charge in [-0.3, -0.25) is 4.79 Å². The van der Waals surface area contributed by atoms with Gasteiger partial charge in [0, 0.05) is 7.11 Å². The third-order valence-electron chi connectivity index (χ3n) is 4.94. The standard InChI is InChI=1S/C23H26O7S/c1-23(21(24)12-13-22(30-23)29-17-16-28-15-14-27-2)18-8-10-20(11-9-18)31(25,26)19-6-4-3-5-7-19/h3-13,22H,14-17H2,1-2H3/t22-,23-/m1/s1. The number of benzene rings is 2. The van der Waals surface area contributed by atoms with Gasteiger partial charge >= 0.3 is 0 Å². The molecule has 7 nitrogen and oxygen atoms in total. The van der Waals surface area contributed by atoms with Gasteiger partial charge in [-0.1, -0.05) is 30.3 Å². The van der Waals surface area contributed by atoms with Crippen LogP contribution in [0.1, 0.15) is 12.5 Å². The first-order chi connectivity index (χ1) is 14.9. The van der Waals surface area contributed by atoms with Crippen LogP contribution in [-0.4, -0.2) is 54.0 Å². The SMILES string of the molecule is COCCOCCO[C@H]1C=CC(=O)[C@@](C)(c2ccc(S(=O)(=O)c3ccccc3)cc2)O1. The molecule has 0 amide bonds. The largest absolute Gasteiger partial charge is 0.382 e. The van der Waals surface area contributed by atoms with E-state index in [4.69, 9.17) is 18.9 Å². The zero-order valence-electron chi connectivity index (χ0n) is 17.5. The quantitative estimate of drug-likeness (QED) is 0.519. The van der Waals surface area contributed by atoms with Crippen molar-refractivity contribution in [2.45, 2.75) is 28.6 Å². The first-order valence-electron chi connectivity index (χ1n) is 9.87. The van der Waals surface area contributed by atoms with Crippen LogP contribution >= 0.6 is 0 Å². The van der Waals surface area contributed by atoms with E-state index >= 15 is 0 Å². The van der Waals surface area contributed by atoms with Crippen LogP contribution in [0.3, 0.4) is 0 Å². The van der Waals surface area contributed by atoms with Gasteiger partial charge in [-0.15, -0.1) is 0 Å². The van der Waals surface area contributed by atoms with Crippen molar-refractivity contribution in [1.29, 1.82) is 0 Å². The Morgan fingerprint density at radius 1 is 0.935 bits per heavy atom. The van der Waals surface area contributed by atoms with E-state index in [9.17, 15) is 13.2 Å². The van der Waals surface area contributed by atoms with E-state index in [1.54, 1.807) is 62.6 Å². The number of carbonyl (C=O) groups excluding carboxylic acids is 1. The number of methoxy groups -OCH3 is 1. The summed E-state index contributed by atoms with van der Waals surface area (Å²) in [6.07, 6.45) is 2.25. The summed E-state index contributed by atoms with van der Waals surface area (Å²) in [5.41, 5.74) is -0.746. The molecule has 0 unspecified atom stereocenters. The first-order valence-corrected chi connectivity index (χ1v) is 11.4. The molecule has 0 aliphatic carbocycles. The van der Waals surface area contributed by atoms with Gasteiger partial charge < -0.3 is 18.9 Å². The van der Waals surface area contributed by atoms with Gasteiger partial charge in [0.25, 0.3) is 0 Å². The summed E-state index contributed by atoms with van der Waals surface area (Å²) in [7, 11) is -2.04. The maximum Gasteiger partial charge on any atom is 0.206 e. The summed E-state index contributed by atoms with van der Waals surface area (Å²) in [5, 5.41) is 0. The lowest BCUT2D eigenvalue weighted by Gasteiger charge is -2.34. The number of hydrogen-bond donors (Lipinski definition) is 0. The number of sulfone groups is 1. The van der Waals surface area contributed by atoms with Crippen molar-refractivity contribution in [1.82, 2.24) is 0 Å². The van der Waals surface area contributed by atoms with E-state index in [1.807, 2.05) is 0 Å². The molecule has 1 heterocycles. The summed E-state index contributed by atoms with van der Waals surface area (Å²) in [6, 6.07) is 14.4. The molecule has 0 saturated carbocycles. The lowest BCUT2D eigenvalue weighted by molar-refractivity contribution is -0.197. The second-order valence-corrected chi connectivity index (χ2v) is 9.01. The molecule has 0 aromatic heterocycles. The van der Waals surface area contributed by atoms with Crippen molar-refractivity contribution in [3.8, 4) is 0 Å². The van der Waals surface area contributed by atoms with Gasteiger partial charge in [-0.05, 0) is 48.9 Å². The van der Waals surface area contributed by atoms with Crippen molar-refractivity contribution >= 4 is 15.6 Å². The van der Waals surface area contributed by atoms with Gasteiger partial charge in [0.2, 0.25) is 9.84 Å². The minimum atomic E-state index is -3.64. The van der Waals surface area contributed by atoms with E-state index in [0.29, 0.717) is 25.4 Å². The number of ketones is 1. The van der Waals surface area contributed by atoms with Crippen LogP contribution in [0.15, 0.2) is 76.5 Å². The highest BCUT2D eigenvalue weighted by molar-refractivity contribution is 7.91. The molecule has 2 atom stereocenters. The molecule has 0 fully saturated rings.